The number of fused-ring (bicyclic) bond motifs is 2. The van der Waals surface area contributed by atoms with Crippen LogP contribution in [0.4, 0.5) is 18.9 Å². The second kappa shape index (κ2) is 5.02. The van der Waals surface area contributed by atoms with E-state index in [1.165, 1.54) is 6.07 Å². The molecule has 21 heavy (non-hydrogen) atoms. The van der Waals surface area contributed by atoms with Crippen molar-refractivity contribution in [3.8, 4) is 0 Å². The summed E-state index contributed by atoms with van der Waals surface area (Å²) >= 11 is 0. The van der Waals surface area contributed by atoms with E-state index in [1.54, 1.807) is 6.07 Å². The molecule has 0 radical (unpaired) electrons. The third-order valence-electron chi connectivity index (χ3n) is 4.48. The van der Waals surface area contributed by atoms with Crippen molar-refractivity contribution in [3.05, 3.63) is 29.3 Å². The Morgan fingerprint density at radius 1 is 1.19 bits per heavy atom. The molecule has 2 bridgehead atoms. The highest BCUT2D eigenvalue weighted by Crippen LogP contribution is 2.41. The van der Waals surface area contributed by atoms with Crippen molar-refractivity contribution < 1.29 is 23.1 Å². The van der Waals surface area contributed by atoms with Gasteiger partial charge in [-0.05, 0) is 43.9 Å². The first kappa shape index (κ1) is 14.4. The maximum atomic E-state index is 13.0. The predicted molar refractivity (Wildman–Crippen MR) is 71.4 cm³/mol. The van der Waals surface area contributed by atoms with Crippen LogP contribution in [0, 0.1) is 0 Å². The van der Waals surface area contributed by atoms with E-state index in [0.717, 1.165) is 18.9 Å². The molecule has 2 unspecified atom stereocenters. The highest BCUT2D eigenvalue weighted by Gasteiger charge is 2.41. The molecule has 0 aromatic heterocycles. The standard InChI is InChI=1S/C15H16F3NO2/c16-15(17,18)14-7-12(2-1-9(14)8-20)19-10-3-4-11(19)6-13(21)5-10/h1-2,7-8,10-11,13,21H,3-6H2. The van der Waals surface area contributed by atoms with Gasteiger partial charge in [-0.1, -0.05) is 0 Å². The number of rotatable bonds is 2. The summed E-state index contributed by atoms with van der Waals surface area (Å²) in [6, 6.07) is 4.04. The van der Waals surface area contributed by atoms with Gasteiger partial charge in [0.05, 0.1) is 11.7 Å². The fourth-order valence-electron chi connectivity index (χ4n) is 3.62. The molecule has 0 saturated carbocycles. The van der Waals surface area contributed by atoms with E-state index in [4.69, 9.17) is 0 Å². The number of halogens is 3. The maximum Gasteiger partial charge on any atom is 0.417 e. The van der Waals surface area contributed by atoms with Crippen molar-refractivity contribution in [1.29, 1.82) is 0 Å². The normalized spacial score (nSPS) is 28.8. The SMILES string of the molecule is O=Cc1ccc(N2C3CCC2CC(O)C3)cc1C(F)(F)F. The number of carbonyl (C=O) groups is 1. The first-order valence-corrected chi connectivity index (χ1v) is 7.03. The highest BCUT2D eigenvalue weighted by molar-refractivity contribution is 5.79. The van der Waals surface area contributed by atoms with Crippen molar-refractivity contribution >= 4 is 12.0 Å². The molecule has 2 aliphatic heterocycles. The summed E-state index contributed by atoms with van der Waals surface area (Å²) in [5.74, 6) is 0. The van der Waals surface area contributed by atoms with Crippen LogP contribution in [0.15, 0.2) is 18.2 Å². The summed E-state index contributed by atoms with van der Waals surface area (Å²) in [5.41, 5.74) is -0.733. The second-order valence-electron chi connectivity index (χ2n) is 5.80. The van der Waals surface area contributed by atoms with Gasteiger partial charge in [0.25, 0.3) is 0 Å². The quantitative estimate of drug-likeness (QED) is 0.853. The number of hydrogen-bond acceptors (Lipinski definition) is 3. The topological polar surface area (TPSA) is 40.5 Å². The molecular formula is C15H16F3NO2. The van der Waals surface area contributed by atoms with Gasteiger partial charge < -0.3 is 10.0 Å². The highest BCUT2D eigenvalue weighted by atomic mass is 19.4. The molecule has 3 nitrogen and oxygen atoms in total. The summed E-state index contributed by atoms with van der Waals surface area (Å²) in [6.45, 7) is 0. The van der Waals surface area contributed by atoms with Gasteiger partial charge in [0, 0.05) is 23.3 Å². The molecule has 2 heterocycles. The molecule has 2 saturated heterocycles. The average Bonchev–Trinajstić information content (AvgIpc) is 2.69. The number of nitrogens with zero attached hydrogens (tertiary/aromatic N) is 1. The minimum absolute atomic E-state index is 0.0851. The van der Waals surface area contributed by atoms with Crippen LogP contribution >= 0.6 is 0 Å². The van der Waals surface area contributed by atoms with E-state index in [1.807, 2.05) is 4.90 Å². The molecule has 3 rings (SSSR count). The molecule has 2 fully saturated rings. The summed E-state index contributed by atoms with van der Waals surface area (Å²) in [7, 11) is 0. The van der Waals surface area contributed by atoms with Gasteiger partial charge in [0.15, 0.2) is 6.29 Å². The Balaban J connectivity index is 1.99. The van der Waals surface area contributed by atoms with Gasteiger partial charge in [-0.2, -0.15) is 13.2 Å². The predicted octanol–water partition coefficient (Wildman–Crippen LogP) is 3.01. The Bertz CT molecular complexity index is 544. The average molecular weight is 299 g/mol. The Hall–Kier alpha value is -1.56. The van der Waals surface area contributed by atoms with Gasteiger partial charge >= 0.3 is 6.18 Å². The summed E-state index contributed by atoms with van der Waals surface area (Å²) in [5, 5.41) is 9.77. The van der Waals surface area contributed by atoms with E-state index < -0.39 is 11.7 Å². The van der Waals surface area contributed by atoms with Crippen LogP contribution in [-0.2, 0) is 6.18 Å². The van der Waals surface area contributed by atoms with Crippen molar-refractivity contribution in [2.24, 2.45) is 0 Å². The summed E-state index contributed by atoms with van der Waals surface area (Å²) in [6.07, 6.45) is -1.71. The lowest BCUT2D eigenvalue weighted by atomic mass is 9.98. The minimum atomic E-state index is -4.54. The maximum absolute atomic E-state index is 13.0. The van der Waals surface area contributed by atoms with E-state index in [0.29, 0.717) is 18.5 Å². The smallest absolute Gasteiger partial charge is 0.393 e. The lowest BCUT2D eigenvalue weighted by molar-refractivity contribution is -0.137. The molecule has 0 amide bonds. The first-order valence-electron chi connectivity index (χ1n) is 7.03. The fraction of sp³-hybridized carbons (Fsp3) is 0.533. The number of carbonyl (C=O) groups excluding carboxylic acids is 1. The molecule has 0 aliphatic carbocycles. The lowest BCUT2D eigenvalue weighted by Gasteiger charge is -2.39. The van der Waals surface area contributed by atoms with Crippen molar-refractivity contribution in [1.82, 2.24) is 0 Å². The number of aldehydes is 1. The minimum Gasteiger partial charge on any atom is -0.393 e. The first-order chi connectivity index (χ1) is 9.90. The van der Waals surface area contributed by atoms with Crippen LogP contribution < -0.4 is 4.90 Å². The molecule has 1 aromatic rings. The van der Waals surface area contributed by atoms with E-state index in [-0.39, 0.29) is 30.0 Å². The van der Waals surface area contributed by atoms with Crippen LogP contribution in [0.5, 0.6) is 0 Å². The fourth-order valence-corrected chi connectivity index (χ4v) is 3.62. The van der Waals surface area contributed by atoms with E-state index in [2.05, 4.69) is 0 Å². The van der Waals surface area contributed by atoms with Crippen molar-refractivity contribution in [3.63, 3.8) is 0 Å². The third kappa shape index (κ3) is 2.52. The number of benzene rings is 1. The zero-order valence-corrected chi connectivity index (χ0v) is 11.3. The van der Waals surface area contributed by atoms with Crippen LogP contribution in [0.25, 0.3) is 0 Å². The molecule has 6 heteroatoms. The van der Waals surface area contributed by atoms with Gasteiger partial charge in [0.2, 0.25) is 0 Å². The number of piperidine rings is 1. The summed E-state index contributed by atoms with van der Waals surface area (Å²) in [4.78, 5) is 12.8. The Labute approximate surface area is 120 Å². The Kier molecular flexibility index (Phi) is 3.43. The zero-order chi connectivity index (χ0) is 15.2. The van der Waals surface area contributed by atoms with E-state index in [9.17, 15) is 23.1 Å². The van der Waals surface area contributed by atoms with Crippen LogP contribution in [-0.4, -0.2) is 29.6 Å². The van der Waals surface area contributed by atoms with Crippen LogP contribution in [0.3, 0.4) is 0 Å². The number of alkyl halides is 3. The molecule has 1 N–H and O–H groups in total. The molecule has 2 atom stereocenters. The number of aliphatic hydroxyl groups is 1. The summed E-state index contributed by atoms with van der Waals surface area (Å²) < 4.78 is 39.1. The zero-order valence-electron chi connectivity index (χ0n) is 11.3. The molecular weight excluding hydrogens is 283 g/mol. The lowest BCUT2D eigenvalue weighted by Crippen LogP contribution is -2.44. The molecule has 2 aliphatic rings. The largest absolute Gasteiger partial charge is 0.417 e. The van der Waals surface area contributed by atoms with Crippen molar-refractivity contribution in [2.75, 3.05) is 4.90 Å². The second-order valence-corrected chi connectivity index (χ2v) is 5.80. The van der Waals surface area contributed by atoms with E-state index >= 15 is 0 Å². The number of hydrogen-bond donors (Lipinski definition) is 1. The van der Waals surface area contributed by atoms with Gasteiger partial charge in [-0.25, -0.2) is 0 Å². The molecule has 1 aromatic carbocycles. The molecule has 114 valence electrons. The Morgan fingerprint density at radius 3 is 2.33 bits per heavy atom. The van der Waals surface area contributed by atoms with Gasteiger partial charge in [-0.3, -0.25) is 4.79 Å². The van der Waals surface area contributed by atoms with Gasteiger partial charge in [0.1, 0.15) is 0 Å². The monoisotopic (exact) mass is 299 g/mol. The van der Waals surface area contributed by atoms with Crippen LogP contribution in [0.1, 0.15) is 41.6 Å². The Morgan fingerprint density at radius 2 is 1.81 bits per heavy atom. The van der Waals surface area contributed by atoms with Gasteiger partial charge in [-0.15, -0.1) is 0 Å². The number of aliphatic hydroxyl groups excluding tert-OH is 1. The number of anilines is 1. The molecule has 0 spiro atoms. The van der Waals surface area contributed by atoms with Crippen LogP contribution in [0.2, 0.25) is 0 Å². The third-order valence-corrected chi connectivity index (χ3v) is 4.48. The van der Waals surface area contributed by atoms with Crippen molar-refractivity contribution in [2.45, 2.75) is 50.0 Å².